The first-order valence-electron chi connectivity index (χ1n) is 10.6. The molecule has 4 aromatic rings. The third-order valence-electron chi connectivity index (χ3n) is 5.31. The number of aryl methyl sites for hydroxylation is 1. The van der Waals surface area contributed by atoms with Gasteiger partial charge in [-0.1, -0.05) is 66.7 Å². The number of allylic oxidation sites excluding steroid dienone is 1. The molecular formula is C27H28N2O. The molecule has 30 heavy (non-hydrogen) atoms. The number of nitrogens with zero attached hydrogens (tertiary/aromatic N) is 2. The van der Waals surface area contributed by atoms with E-state index in [0.717, 1.165) is 55.9 Å². The first-order chi connectivity index (χ1) is 14.8. The van der Waals surface area contributed by atoms with E-state index in [1.54, 1.807) is 0 Å². The number of benzene rings is 3. The Morgan fingerprint density at radius 1 is 0.867 bits per heavy atom. The number of ether oxygens (including phenoxy) is 1. The van der Waals surface area contributed by atoms with E-state index >= 15 is 0 Å². The molecule has 0 fully saturated rings. The van der Waals surface area contributed by atoms with Gasteiger partial charge in [-0.05, 0) is 48.6 Å². The van der Waals surface area contributed by atoms with Crippen molar-refractivity contribution in [2.45, 2.75) is 32.2 Å². The molecule has 3 aromatic carbocycles. The summed E-state index contributed by atoms with van der Waals surface area (Å²) in [5.74, 6) is 2.09. The minimum Gasteiger partial charge on any atom is -0.493 e. The minimum atomic E-state index is 0.717. The summed E-state index contributed by atoms with van der Waals surface area (Å²) in [5.41, 5.74) is 4.76. The first kappa shape index (κ1) is 20.0. The van der Waals surface area contributed by atoms with Gasteiger partial charge in [-0.15, -0.1) is 6.58 Å². The van der Waals surface area contributed by atoms with E-state index in [-0.39, 0.29) is 0 Å². The molecule has 0 aliphatic rings. The van der Waals surface area contributed by atoms with Crippen LogP contribution >= 0.6 is 0 Å². The van der Waals surface area contributed by atoms with E-state index in [2.05, 4.69) is 71.8 Å². The van der Waals surface area contributed by atoms with Crippen LogP contribution < -0.4 is 4.74 Å². The highest BCUT2D eigenvalue weighted by atomic mass is 16.5. The predicted octanol–water partition coefficient (Wildman–Crippen LogP) is 6.21. The molecule has 4 rings (SSSR count). The minimum absolute atomic E-state index is 0.717. The van der Waals surface area contributed by atoms with E-state index in [9.17, 15) is 0 Å². The maximum Gasteiger partial charge on any atom is 0.122 e. The van der Waals surface area contributed by atoms with Crippen molar-refractivity contribution in [1.29, 1.82) is 0 Å². The first-order valence-corrected chi connectivity index (χ1v) is 10.6. The summed E-state index contributed by atoms with van der Waals surface area (Å²) in [6.45, 7) is 5.50. The van der Waals surface area contributed by atoms with Crippen LogP contribution in [0.4, 0.5) is 0 Å². The summed E-state index contributed by atoms with van der Waals surface area (Å²) in [6.07, 6.45) is 5.65. The molecule has 0 amide bonds. The Balaban J connectivity index is 1.40. The maximum absolute atomic E-state index is 6.05. The van der Waals surface area contributed by atoms with Gasteiger partial charge in [0.25, 0.3) is 0 Å². The summed E-state index contributed by atoms with van der Waals surface area (Å²) in [7, 11) is 0. The molecule has 0 saturated heterocycles. The van der Waals surface area contributed by atoms with Gasteiger partial charge in [-0.25, -0.2) is 4.98 Å². The zero-order chi connectivity index (χ0) is 20.6. The van der Waals surface area contributed by atoms with Crippen molar-refractivity contribution in [2.24, 2.45) is 0 Å². The van der Waals surface area contributed by atoms with Gasteiger partial charge in [0.2, 0.25) is 0 Å². The molecule has 0 N–H and O–H groups in total. The summed E-state index contributed by atoms with van der Waals surface area (Å²) in [6, 6.07) is 27.2. The number of fused-ring (bicyclic) bond motifs is 1. The SMILES string of the molecule is C=CCc1ccccc1OCCCCn1c(Cc2ccccc2)nc2ccccc21. The highest BCUT2D eigenvalue weighted by Crippen LogP contribution is 2.21. The third-order valence-corrected chi connectivity index (χ3v) is 5.31. The van der Waals surface area contributed by atoms with Crippen LogP contribution in [0.15, 0.2) is 91.5 Å². The van der Waals surface area contributed by atoms with Crippen LogP contribution in [0, 0.1) is 0 Å². The highest BCUT2D eigenvalue weighted by Gasteiger charge is 2.11. The third kappa shape index (κ3) is 4.80. The lowest BCUT2D eigenvalue weighted by Gasteiger charge is -2.12. The summed E-state index contributed by atoms with van der Waals surface area (Å²) in [5, 5.41) is 0. The Bertz CT molecular complexity index is 1100. The van der Waals surface area contributed by atoms with Gasteiger partial charge in [0.15, 0.2) is 0 Å². The maximum atomic E-state index is 6.05. The molecule has 0 radical (unpaired) electrons. The lowest BCUT2D eigenvalue weighted by molar-refractivity contribution is 0.301. The second kappa shape index (κ2) is 9.93. The fourth-order valence-corrected chi connectivity index (χ4v) is 3.81. The van der Waals surface area contributed by atoms with Crippen molar-refractivity contribution < 1.29 is 4.74 Å². The monoisotopic (exact) mass is 396 g/mol. The van der Waals surface area contributed by atoms with Crippen molar-refractivity contribution in [3.05, 3.63) is 108 Å². The van der Waals surface area contributed by atoms with Gasteiger partial charge < -0.3 is 9.30 Å². The van der Waals surface area contributed by atoms with Crippen LogP contribution in [0.2, 0.25) is 0 Å². The van der Waals surface area contributed by atoms with Crippen LogP contribution in [0.5, 0.6) is 5.75 Å². The zero-order valence-corrected chi connectivity index (χ0v) is 17.3. The Morgan fingerprint density at radius 3 is 2.50 bits per heavy atom. The van der Waals surface area contributed by atoms with E-state index in [1.807, 2.05) is 24.3 Å². The fourth-order valence-electron chi connectivity index (χ4n) is 3.81. The van der Waals surface area contributed by atoms with Crippen molar-refractivity contribution >= 4 is 11.0 Å². The summed E-state index contributed by atoms with van der Waals surface area (Å²) >= 11 is 0. The molecule has 0 spiro atoms. The quantitative estimate of drug-likeness (QED) is 0.235. The highest BCUT2D eigenvalue weighted by molar-refractivity contribution is 5.76. The molecule has 0 atom stereocenters. The van der Waals surface area contributed by atoms with Crippen LogP contribution in [-0.4, -0.2) is 16.2 Å². The van der Waals surface area contributed by atoms with Crippen LogP contribution in [0.1, 0.15) is 29.8 Å². The Morgan fingerprint density at radius 2 is 1.63 bits per heavy atom. The van der Waals surface area contributed by atoms with Crippen LogP contribution in [0.25, 0.3) is 11.0 Å². The van der Waals surface area contributed by atoms with Gasteiger partial charge in [-0.2, -0.15) is 0 Å². The van der Waals surface area contributed by atoms with Gasteiger partial charge in [-0.3, -0.25) is 0 Å². The average Bonchev–Trinajstić information content (AvgIpc) is 3.12. The Labute approximate surface area is 178 Å². The number of hydrogen-bond donors (Lipinski definition) is 0. The molecule has 3 nitrogen and oxygen atoms in total. The van der Waals surface area contributed by atoms with E-state index < -0.39 is 0 Å². The van der Waals surface area contributed by atoms with Crippen LogP contribution in [0.3, 0.4) is 0 Å². The number of para-hydroxylation sites is 3. The number of aromatic nitrogens is 2. The molecule has 0 saturated carbocycles. The second-order valence-electron chi connectivity index (χ2n) is 7.49. The lowest BCUT2D eigenvalue weighted by Crippen LogP contribution is -2.07. The second-order valence-corrected chi connectivity index (χ2v) is 7.49. The molecule has 0 bridgehead atoms. The standard InChI is InChI=1S/C27H28N2O/c1-2-12-23-15-6-9-18-26(23)30-20-11-10-19-29-25-17-8-7-16-24(25)28-27(29)21-22-13-4-3-5-14-22/h2-9,13-18H,1,10-12,19-21H2. The van der Waals surface area contributed by atoms with Crippen molar-refractivity contribution in [1.82, 2.24) is 9.55 Å². The largest absolute Gasteiger partial charge is 0.493 e. The molecule has 0 aliphatic heterocycles. The topological polar surface area (TPSA) is 27.1 Å². The number of unbranched alkanes of at least 4 members (excludes halogenated alkanes) is 1. The van der Waals surface area contributed by atoms with Crippen molar-refractivity contribution in [3.8, 4) is 5.75 Å². The molecule has 0 unspecified atom stereocenters. The van der Waals surface area contributed by atoms with E-state index in [1.165, 1.54) is 16.6 Å². The average molecular weight is 397 g/mol. The normalized spacial score (nSPS) is 10.9. The van der Waals surface area contributed by atoms with Crippen LogP contribution in [-0.2, 0) is 19.4 Å². The number of imidazole rings is 1. The van der Waals surface area contributed by atoms with Gasteiger partial charge >= 0.3 is 0 Å². The number of rotatable bonds is 10. The summed E-state index contributed by atoms with van der Waals surface area (Å²) in [4.78, 5) is 4.91. The Kier molecular flexibility index (Phi) is 6.61. The van der Waals surface area contributed by atoms with Gasteiger partial charge in [0.05, 0.1) is 17.6 Å². The molecule has 1 heterocycles. The van der Waals surface area contributed by atoms with Gasteiger partial charge in [0.1, 0.15) is 11.6 Å². The van der Waals surface area contributed by atoms with E-state index in [4.69, 9.17) is 9.72 Å². The molecule has 0 aliphatic carbocycles. The van der Waals surface area contributed by atoms with Gasteiger partial charge in [0, 0.05) is 13.0 Å². The molecule has 1 aromatic heterocycles. The fraction of sp³-hybridized carbons (Fsp3) is 0.222. The van der Waals surface area contributed by atoms with E-state index in [0.29, 0.717) is 0 Å². The number of hydrogen-bond acceptors (Lipinski definition) is 2. The molecule has 3 heteroatoms. The lowest BCUT2D eigenvalue weighted by atomic mass is 10.1. The van der Waals surface area contributed by atoms with Crippen molar-refractivity contribution in [3.63, 3.8) is 0 Å². The van der Waals surface area contributed by atoms with Crippen molar-refractivity contribution in [2.75, 3.05) is 6.61 Å². The smallest absolute Gasteiger partial charge is 0.122 e. The summed E-state index contributed by atoms with van der Waals surface area (Å²) < 4.78 is 8.42. The molecular weight excluding hydrogens is 368 g/mol. The molecule has 152 valence electrons. The zero-order valence-electron chi connectivity index (χ0n) is 17.3. The Hall–Kier alpha value is -3.33. The predicted molar refractivity (Wildman–Crippen MR) is 124 cm³/mol.